The molecule has 2 atom stereocenters. The Morgan fingerprint density at radius 3 is 2.49 bits per heavy atom. The summed E-state index contributed by atoms with van der Waals surface area (Å²) in [5, 5.41) is 15.1. The lowest BCUT2D eigenvalue weighted by Gasteiger charge is -2.29. The first-order chi connectivity index (χ1) is 17.8. The van der Waals surface area contributed by atoms with Crippen molar-refractivity contribution in [2.75, 3.05) is 10.2 Å². The molecular formula is C27H30N8OS. The van der Waals surface area contributed by atoms with Gasteiger partial charge in [-0.2, -0.15) is 0 Å². The van der Waals surface area contributed by atoms with Gasteiger partial charge in [0.05, 0.1) is 17.8 Å². The van der Waals surface area contributed by atoms with Gasteiger partial charge in [0.15, 0.2) is 5.11 Å². The highest BCUT2D eigenvalue weighted by Crippen LogP contribution is 2.43. The Morgan fingerprint density at radius 1 is 1.08 bits per heavy atom. The smallest absolute Gasteiger partial charge is 0.226 e. The molecule has 0 radical (unpaired) electrons. The van der Waals surface area contributed by atoms with Crippen LogP contribution in [0.15, 0.2) is 61.3 Å². The van der Waals surface area contributed by atoms with Crippen LogP contribution in [-0.2, 0) is 4.79 Å². The van der Waals surface area contributed by atoms with E-state index < -0.39 is 0 Å². The number of amides is 1. The lowest BCUT2D eigenvalue weighted by Crippen LogP contribution is -2.29. The van der Waals surface area contributed by atoms with Crippen molar-refractivity contribution in [2.24, 2.45) is 5.92 Å². The number of aromatic nitrogens is 5. The molecule has 2 unspecified atom stereocenters. The number of nitrogens with zero attached hydrogens (tertiary/aromatic N) is 6. The summed E-state index contributed by atoms with van der Waals surface area (Å²) in [5.74, 6) is -0.109. The number of carbonyl (C=O) groups is 1. The Balaban J connectivity index is 1.61. The van der Waals surface area contributed by atoms with Crippen molar-refractivity contribution in [3.05, 3.63) is 89.5 Å². The summed E-state index contributed by atoms with van der Waals surface area (Å²) in [7, 11) is 0. The van der Waals surface area contributed by atoms with Gasteiger partial charge in [-0.25, -0.2) is 4.68 Å². The fourth-order valence-electron chi connectivity index (χ4n) is 4.89. The molecule has 5 rings (SSSR count). The molecule has 1 aliphatic rings. The number of hydrogen-bond donors (Lipinski definition) is 2. The zero-order valence-electron chi connectivity index (χ0n) is 21.5. The molecule has 1 fully saturated rings. The largest absolute Gasteiger partial charge is 0.351 e. The van der Waals surface area contributed by atoms with E-state index in [0.29, 0.717) is 5.11 Å². The lowest BCUT2D eigenvalue weighted by molar-refractivity contribution is -0.118. The van der Waals surface area contributed by atoms with Crippen LogP contribution in [0.1, 0.15) is 54.1 Å². The normalized spacial score (nSPS) is 17.4. The van der Waals surface area contributed by atoms with Crippen LogP contribution in [0.2, 0.25) is 0 Å². The number of pyridine rings is 1. The number of hydrogen-bond acceptors (Lipinski definition) is 5. The van der Waals surface area contributed by atoms with E-state index in [1.165, 1.54) is 0 Å². The first-order valence-corrected chi connectivity index (χ1v) is 12.6. The third-order valence-electron chi connectivity index (χ3n) is 6.76. The average Bonchev–Trinajstić information content (AvgIpc) is 3.58. The van der Waals surface area contributed by atoms with Gasteiger partial charge >= 0.3 is 0 Å². The second-order valence-electron chi connectivity index (χ2n) is 9.62. The minimum absolute atomic E-state index is 0.0104. The molecule has 1 aromatic carbocycles. The van der Waals surface area contributed by atoms with Crippen molar-refractivity contribution in [1.82, 2.24) is 29.9 Å². The van der Waals surface area contributed by atoms with Crippen LogP contribution in [0.25, 0.3) is 0 Å². The Bertz CT molecular complexity index is 1440. The maximum Gasteiger partial charge on any atom is 0.226 e. The fraction of sp³-hybridized carbons (Fsp3) is 0.296. The molecule has 0 bridgehead atoms. The van der Waals surface area contributed by atoms with Gasteiger partial charge in [-0.05, 0) is 75.0 Å². The minimum atomic E-state index is -0.163. The Labute approximate surface area is 221 Å². The van der Waals surface area contributed by atoms with Gasteiger partial charge in [0, 0.05) is 40.4 Å². The van der Waals surface area contributed by atoms with Crippen LogP contribution in [0.3, 0.4) is 0 Å². The summed E-state index contributed by atoms with van der Waals surface area (Å²) in [5.41, 5.74) is 6.82. The number of benzene rings is 1. The van der Waals surface area contributed by atoms with Gasteiger partial charge in [-0.3, -0.25) is 14.5 Å². The van der Waals surface area contributed by atoms with E-state index in [2.05, 4.69) is 61.4 Å². The summed E-state index contributed by atoms with van der Waals surface area (Å²) in [4.78, 5) is 19.1. The average molecular weight is 515 g/mol. The molecule has 4 heterocycles. The molecule has 10 heteroatoms. The molecule has 1 saturated heterocycles. The summed E-state index contributed by atoms with van der Waals surface area (Å²) >= 11 is 5.90. The second-order valence-corrected chi connectivity index (χ2v) is 10.0. The van der Waals surface area contributed by atoms with Crippen LogP contribution in [-0.4, -0.2) is 35.6 Å². The predicted molar refractivity (Wildman–Crippen MR) is 147 cm³/mol. The van der Waals surface area contributed by atoms with E-state index in [9.17, 15) is 4.79 Å². The molecule has 190 valence electrons. The van der Waals surface area contributed by atoms with E-state index >= 15 is 0 Å². The van der Waals surface area contributed by atoms with Gasteiger partial charge in [-0.15, -0.1) is 10.2 Å². The van der Waals surface area contributed by atoms with Crippen LogP contribution in [0, 0.1) is 26.7 Å². The summed E-state index contributed by atoms with van der Waals surface area (Å²) in [6.45, 7) is 9.91. The third-order valence-corrected chi connectivity index (χ3v) is 7.07. The van der Waals surface area contributed by atoms with Crippen molar-refractivity contribution >= 4 is 34.6 Å². The van der Waals surface area contributed by atoms with Crippen LogP contribution in [0.4, 0.5) is 11.4 Å². The fourth-order valence-corrected chi connectivity index (χ4v) is 5.24. The molecular weight excluding hydrogens is 484 g/mol. The maximum absolute atomic E-state index is 12.3. The molecule has 0 saturated carbocycles. The first-order valence-electron chi connectivity index (χ1n) is 12.2. The van der Waals surface area contributed by atoms with E-state index in [-0.39, 0.29) is 23.9 Å². The predicted octanol–water partition coefficient (Wildman–Crippen LogP) is 4.48. The van der Waals surface area contributed by atoms with Gasteiger partial charge in [0.1, 0.15) is 12.7 Å². The number of carbonyl (C=O) groups excluding carboxylic acids is 1. The van der Waals surface area contributed by atoms with Gasteiger partial charge < -0.3 is 15.5 Å². The zero-order valence-corrected chi connectivity index (χ0v) is 22.3. The van der Waals surface area contributed by atoms with Gasteiger partial charge in [-0.1, -0.05) is 19.9 Å². The van der Waals surface area contributed by atoms with Crippen molar-refractivity contribution < 1.29 is 4.79 Å². The standard InChI is InChI=1S/C27H30N8OS/c1-16(2)26(36)31-22-10-9-20(12-17(22)3)34-25(24(32-27(34)37)23-8-6-7-11-28-23)21-13-18(4)35(19(21)5)33-14-29-30-15-33/h6-16,24-25H,1-5H3,(H,31,36)(H,32,37). The number of thiocarbonyl (C=S) groups is 1. The summed E-state index contributed by atoms with van der Waals surface area (Å²) < 4.78 is 3.95. The van der Waals surface area contributed by atoms with Gasteiger partial charge in [0.25, 0.3) is 0 Å². The maximum atomic E-state index is 12.3. The number of nitrogens with one attached hydrogen (secondary N) is 2. The molecule has 1 amide bonds. The monoisotopic (exact) mass is 514 g/mol. The first kappa shape index (κ1) is 24.6. The van der Waals surface area contributed by atoms with E-state index in [4.69, 9.17) is 12.2 Å². The second kappa shape index (κ2) is 9.78. The molecule has 4 aromatic rings. The summed E-state index contributed by atoms with van der Waals surface area (Å²) in [6, 6.07) is 13.8. The third kappa shape index (κ3) is 4.48. The molecule has 1 aliphatic heterocycles. The highest BCUT2D eigenvalue weighted by Gasteiger charge is 2.42. The van der Waals surface area contributed by atoms with E-state index in [0.717, 1.165) is 39.6 Å². The van der Waals surface area contributed by atoms with Crippen LogP contribution >= 0.6 is 12.2 Å². The molecule has 0 aliphatic carbocycles. The Morgan fingerprint density at radius 2 is 1.84 bits per heavy atom. The van der Waals surface area contributed by atoms with Crippen LogP contribution in [0.5, 0.6) is 0 Å². The van der Waals surface area contributed by atoms with Gasteiger partial charge in [0.2, 0.25) is 5.91 Å². The van der Waals surface area contributed by atoms with E-state index in [1.54, 1.807) is 18.9 Å². The number of anilines is 2. The molecule has 9 nitrogen and oxygen atoms in total. The van der Waals surface area contributed by atoms with Crippen molar-refractivity contribution in [1.29, 1.82) is 0 Å². The topological polar surface area (TPSA) is 92.9 Å². The Hall–Kier alpha value is -4.05. The molecule has 37 heavy (non-hydrogen) atoms. The number of aryl methyl sites for hydroxylation is 2. The van der Waals surface area contributed by atoms with E-state index in [1.807, 2.05) is 55.8 Å². The molecule has 3 aromatic heterocycles. The highest BCUT2D eigenvalue weighted by atomic mass is 32.1. The zero-order chi connectivity index (χ0) is 26.3. The van der Waals surface area contributed by atoms with Crippen molar-refractivity contribution in [3.8, 4) is 0 Å². The van der Waals surface area contributed by atoms with Crippen LogP contribution < -0.4 is 15.5 Å². The lowest BCUT2D eigenvalue weighted by atomic mass is 9.96. The van der Waals surface area contributed by atoms with Crippen molar-refractivity contribution in [2.45, 2.75) is 46.7 Å². The van der Waals surface area contributed by atoms with Crippen molar-refractivity contribution in [3.63, 3.8) is 0 Å². The minimum Gasteiger partial charge on any atom is -0.351 e. The Kier molecular flexibility index (Phi) is 6.51. The quantitative estimate of drug-likeness (QED) is 0.367. The molecule has 0 spiro atoms. The SMILES string of the molecule is Cc1cc(N2C(=S)NC(c3ccccn3)C2c2cc(C)n(-n3cnnc3)c2C)ccc1NC(=O)C(C)C. The highest BCUT2D eigenvalue weighted by molar-refractivity contribution is 7.80. The summed E-state index contributed by atoms with van der Waals surface area (Å²) in [6.07, 6.45) is 5.17. The molecule has 2 N–H and O–H groups in total. The number of rotatable bonds is 6.